The number of hydrogen-bond donors (Lipinski definition) is 0. The monoisotopic (exact) mass is 404 g/mol. The van der Waals surface area contributed by atoms with Crippen LogP contribution in [0.5, 0.6) is 11.5 Å². The maximum atomic E-state index is 12.6. The molecule has 8 heteroatoms. The van der Waals surface area contributed by atoms with Crippen LogP contribution in [0.4, 0.5) is 0 Å². The van der Waals surface area contributed by atoms with Crippen LogP contribution in [0.25, 0.3) is 11.5 Å². The van der Waals surface area contributed by atoms with E-state index in [0.29, 0.717) is 48.3 Å². The summed E-state index contributed by atoms with van der Waals surface area (Å²) >= 11 is 0. The fourth-order valence-corrected chi connectivity index (χ4v) is 3.51. The first kappa shape index (κ1) is 19.5. The average molecular weight is 404 g/mol. The lowest BCUT2D eigenvalue weighted by molar-refractivity contribution is -0.128. The summed E-state index contributed by atoms with van der Waals surface area (Å²) in [7, 11) is 3.20. The molecule has 3 aromatic rings. The minimum Gasteiger partial charge on any atom is -0.497 e. The summed E-state index contributed by atoms with van der Waals surface area (Å²) in [5.41, 5.74) is 2.16. The Kier molecular flexibility index (Phi) is 5.35. The molecule has 0 saturated carbocycles. The number of nitriles is 1. The maximum absolute atomic E-state index is 12.6. The molecular formula is C22H20N4O4. The van der Waals surface area contributed by atoms with E-state index in [1.807, 2.05) is 18.2 Å². The van der Waals surface area contributed by atoms with Gasteiger partial charge in [-0.05, 0) is 42.5 Å². The van der Waals surface area contributed by atoms with Gasteiger partial charge < -0.3 is 18.9 Å². The Labute approximate surface area is 173 Å². The van der Waals surface area contributed by atoms with Gasteiger partial charge in [0, 0.05) is 36.6 Å². The van der Waals surface area contributed by atoms with E-state index in [-0.39, 0.29) is 11.8 Å². The van der Waals surface area contributed by atoms with Gasteiger partial charge in [0.2, 0.25) is 5.91 Å². The smallest absolute Gasteiger partial charge is 0.257 e. The number of methoxy groups -OCH3 is 2. The number of likely N-dealkylation sites (tertiary alicyclic amines) is 1. The number of carbonyl (C=O) groups is 1. The van der Waals surface area contributed by atoms with Gasteiger partial charge in [-0.15, -0.1) is 0 Å². The molecule has 1 aliphatic rings. The lowest BCUT2D eigenvalue weighted by Gasteiger charge is -2.18. The quantitative estimate of drug-likeness (QED) is 0.622. The summed E-state index contributed by atoms with van der Waals surface area (Å²) in [6.07, 6.45) is 0.318. The lowest BCUT2D eigenvalue weighted by Crippen LogP contribution is -2.24. The van der Waals surface area contributed by atoms with Crippen LogP contribution in [0, 0.1) is 11.3 Å². The molecule has 1 atom stereocenters. The Balaban J connectivity index is 1.49. The third kappa shape index (κ3) is 3.82. The second-order valence-corrected chi connectivity index (χ2v) is 7.00. The Hall–Kier alpha value is -3.86. The van der Waals surface area contributed by atoms with Crippen molar-refractivity contribution >= 4 is 5.91 Å². The molecule has 2 aromatic carbocycles. The topological polar surface area (TPSA) is 101 Å². The summed E-state index contributed by atoms with van der Waals surface area (Å²) in [5, 5.41) is 13.0. The van der Waals surface area contributed by atoms with Crippen LogP contribution in [0.15, 0.2) is 47.0 Å². The summed E-state index contributed by atoms with van der Waals surface area (Å²) in [6.45, 7) is 0.904. The van der Waals surface area contributed by atoms with Crippen molar-refractivity contribution in [1.29, 1.82) is 5.26 Å². The van der Waals surface area contributed by atoms with E-state index < -0.39 is 0 Å². The van der Waals surface area contributed by atoms with E-state index in [4.69, 9.17) is 19.3 Å². The van der Waals surface area contributed by atoms with Crippen molar-refractivity contribution in [2.24, 2.45) is 0 Å². The van der Waals surface area contributed by atoms with Crippen LogP contribution >= 0.6 is 0 Å². The van der Waals surface area contributed by atoms with Gasteiger partial charge in [0.15, 0.2) is 5.82 Å². The van der Waals surface area contributed by atoms with Crippen molar-refractivity contribution in [3.05, 3.63) is 59.4 Å². The molecule has 0 radical (unpaired) electrons. The number of ether oxygens (including phenoxy) is 2. The van der Waals surface area contributed by atoms with E-state index in [1.54, 1.807) is 43.4 Å². The molecule has 1 fully saturated rings. The number of carbonyl (C=O) groups excluding carboxylic acids is 1. The highest BCUT2D eigenvalue weighted by Gasteiger charge is 2.34. The second kappa shape index (κ2) is 8.25. The van der Waals surface area contributed by atoms with Gasteiger partial charge in [-0.25, -0.2) is 0 Å². The molecule has 0 spiro atoms. The normalized spacial score (nSPS) is 15.8. The van der Waals surface area contributed by atoms with Crippen LogP contribution in [0.2, 0.25) is 0 Å². The van der Waals surface area contributed by atoms with Crippen LogP contribution in [0.1, 0.15) is 29.3 Å². The molecule has 4 rings (SSSR count). The Morgan fingerprint density at radius 2 is 2.00 bits per heavy atom. The fourth-order valence-electron chi connectivity index (χ4n) is 3.51. The molecule has 1 aromatic heterocycles. The summed E-state index contributed by atoms with van der Waals surface area (Å²) < 4.78 is 16.1. The minimum absolute atomic E-state index is 0.0228. The molecular weight excluding hydrogens is 384 g/mol. The highest BCUT2D eigenvalue weighted by molar-refractivity contribution is 5.79. The van der Waals surface area contributed by atoms with Crippen molar-refractivity contribution in [3.63, 3.8) is 0 Å². The number of aromatic nitrogens is 2. The summed E-state index contributed by atoms with van der Waals surface area (Å²) in [4.78, 5) is 18.8. The van der Waals surface area contributed by atoms with Crippen LogP contribution in [-0.2, 0) is 11.3 Å². The maximum Gasteiger partial charge on any atom is 0.257 e. The molecule has 2 heterocycles. The summed E-state index contributed by atoms with van der Waals surface area (Å²) in [6, 6.07) is 14.5. The third-order valence-electron chi connectivity index (χ3n) is 5.13. The van der Waals surface area contributed by atoms with E-state index >= 15 is 0 Å². The van der Waals surface area contributed by atoms with Crippen LogP contribution in [0.3, 0.4) is 0 Å². The Morgan fingerprint density at radius 3 is 2.70 bits per heavy atom. The SMILES string of the molecule is COc1ccc(OC)c(CN2CC(c3noc(-c4ccc(C#N)cc4)n3)CC2=O)c1. The average Bonchev–Trinajstić information content (AvgIpc) is 3.41. The molecule has 1 unspecified atom stereocenters. The van der Waals surface area contributed by atoms with Crippen LogP contribution in [-0.4, -0.2) is 41.7 Å². The van der Waals surface area contributed by atoms with Gasteiger partial charge in [0.05, 0.1) is 25.9 Å². The van der Waals surface area contributed by atoms with Crippen molar-refractivity contribution in [2.45, 2.75) is 18.9 Å². The molecule has 0 bridgehead atoms. The Bertz CT molecular complexity index is 1100. The highest BCUT2D eigenvalue weighted by atomic mass is 16.5. The predicted molar refractivity (Wildman–Crippen MR) is 107 cm³/mol. The zero-order chi connectivity index (χ0) is 21.1. The minimum atomic E-state index is -0.148. The van der Waals surface area contributed by atoms with Gasteiger partial charge >= 0.3 is 0 Å². The fraction of sp³-hybridized carbons (Fsp3) is 0.273. The first-order valence-electron chi connectivity index (χ1n) is 9.44. The number of benzene rings is 2. The predicted octanol–water partition coefficient (Wildman–Crippen LogP) is 3.14. The van der Waals surface area contributed by atoms with E-state index in [9.17, 15) is 4.79 Å². The highest BCUT2D eigenvalue weighted by Crippen LogP contribution is 2.32. The lowest BCUT2D eigenvalue weighted by atomic mass is 10.1. The molecule has 1 saturated heterocycles. The van der Waals surface area contributed by atoms with Gasteiger partial charge in [0.1, 0.15) is 11.5 Å². The van der Waals surface area contributed by atoms with Gasteiger partial charge in [-0.2, -0.15) is 10.2 Å². The van der Waals surface area contributed by atoms with Crippen molar-refractivity contribution in [1.82, 2.24) is 15.0 Å². The molecule has 0 N–H and O–H groups in total. The van der Waals surface area contributed by atoms with Gasteiger partial charge in [-0.1, -0.05) is 5.16 Å². The van der Waals surface area contributed by atoms with Crippen LogP contribution < -0.4 is 9.47 Å². The number of nitrogens with zero attached hydrogens (tertiary/aromatic N) is 4. The van der Waals surface area contributed by atoms with E-state index in [0.717, 1.165) is 11.1 Å². The standard InChI is InChI=1S/C22H20N4O4/c1-28-18-7-8-19(29-2)16(9-18)12-26-13-17(10-20(26)27)21-24-22(30-25-21)15-5-3-14(11-23)4-6-15/h3-9,17H,10,12-13H2,1-2H3. The number of amides is 1. The Morgan fingerprint density at radius 1 is 1.20 bits per heavy atom. The largest absolute Gasteiger partial charge is 0.497 e. The zero-order valence-electron chi connectivity index (χ0n) is 16.7. The number of hydrogen-bond acceptors (Lipinski definition) is 7. The second-order valence-electron chi connectivity index (χ2n) is 7.00. The first-order valence-corrected chi connectivity index (χ1v) is 9.44. The molecule has 8 nitrogen and oxygen atoms in total. The first-order chi connectivity index (χ1) is 14.6. The van der Waals surface area contributed by atoms with Gasteiger partial charge in [0.25, 0.3) is 5.89 Å². The third-order valence-corrected chi connectivity index (χ3v) is 5.13. The summed E-state index contributed by atoms with van der Waals surface area (Å²) in [5.74, 6) is 2.16. The van der Waals surface area contributed by atoms with Crippen molar-refractivity contribution in [2.75, 3.05) is 20.8 Å². The number of rotatable bonds is 6. The molecule has 152 valence electrons. The van der Waals surface area contributed by atoms with Crippen molar-refractivity contribution in [3.8, 4) is 29.0 Å². The zero-order valence-corrected chi connectivity index (χ0v) is 16.7. The van der Waals surface area contributed by atoms with E-state index in [2.05, 4.69) is 16.2 Å². The molecule has 1 amide bonds. The van der Waals surface area contributed by atoms with Gasteiger partial charge in [-0.3, -0.25) is 4.79 Å². The van der Waals surface area contributed by atoms with E-state index in [1.165, 1.54) is 0 Å². The molecule has 0 aliphatic carbocycles. The molecule has 1 aliphatic heterocycles. The van der Waals surface area contributed by atoms with Crippen molar-refractivity contribution < 1.29 is 18.8 Å². The molecule has 30 heavy (non-hydrogen) atoms.